The Bertz CT molecular complexity index is 1140. The van der Waals surface area contributed by atoms with Crippen LogP contribution in [0, 0.1) is 10.7 Å². The highest BCUT2D eigenvalue weighted by Gasteiger charge is 2.33. The number of benzene rings is 1. The van der Waals surface area contributed by atoms with E-state index in [0.717, 1.165) is 12.8 Å². The van der Waals surface area contributed by atoms with Gasteiger partial charge in [-0.25, -0.2) is 8.42 Å². The average molecular weight is 435 g/mol. The first-order valence-electron chi connectivity index (χ1n) is 9.41. The summed E-state index contributed by atoms with van der Waals surface area (Å²) in [5.41, 5.74) is 0.473. The van der Waals surface area contributed by atoms with Crippen LogP contribution < -0.4 is 10.0 Å². The zero-order valence-corrected chi connectivity index (χ0v) is 17.7. The third-order valence-corrected chi connectivity index (χ3v) is 6.63. The minimum absolute atomic E-state index is 0.135. The lowest BCUT2D eigenvalue weighted by Gasteiger charge is -2.17. The van der Waals surface area contributed by atoms with E-state index in [2.05, 4.69) is 25.2 Å². The number of aromatic nitrogens is 3. The summed E-state index contributed by atoms with van der Waals surface area (Å²) in [7, 11) is -3.65. The molecule has 3 N–H and O–H groups in total. The maximum Gasteiger partial charge on any atom is 0.263 e. The van der Waals surface area contributed by atoms with Gasteiger partial charge in [-0.2, -0.15) is 5.10 Å². The number of H-pyrrole nitrogens is 1. The SMILES string of the molecule is CC(C)[C@H](N=C1NS(=O)(=O)c2ccccc21)C(=O)NCc1n[nH]c(=S)n1C1CC1. The van der Waals surface area contributed by atoms with Gasteiger partial charge >= 0.3 is 0 Å². The number of hydrogen-bond donors (Lipinski definition) is 3. The highest BCUT2D eigenvalue weighted by molar-refractivity contribution is 7.90. The Balaban J connectivity index is 1.55. The third-order valence-electron chi connectivity index (χ3n) is 4.94. The minimum Gasteiger partial charge on any atom is -0.347 e. The number of hydrogen-bond acceptors (Lipinski definition) is 6. The molecule has 1 aromatic heterocycles. The Hall–Kier alpha value is -2.53. The minimum atomic E-state index is -3.65. The van der Waals surface area contributed by atoms with Crippen LogP contribution in [0.15, 0.2) is 34.2 Å². The molecule has 11 heteroatoms. The normalized spacial score (nSPS) is 19.8. The van der Waals surface area contributed by atoms with E-state index in [1.54, 1.807) is 18.2 Å². The Kier molecular flexibility index (Phi) is 5.03. The Labute approximate surface area is 173 Å². The number of carbonyl (C=O) groups excluding carboxylic acids is 1. The topological polar surface area (TPSA) is 121 Å². The number of rotatable bonds is 6. The molecule has 1 fully saturated rings. The summed E-state index contributed by atoms with van der Waals surface area (Å²) in [5, 5.41) is 9.84. The molecule has 1 saturated carbocycles. The first kappa shape index (κ1) is 19.8. The zero-order chi connectivity index (χ0) is 20.8. The van der Waals surface area contributed by atoms with E-state index >= 15 is 0 Å². The monoisotopic (exact) mass is 434 g/mol. The van der Waals surface area contributed by atoms with Crippen LogP contribution in [0.4, 0.5) is 0 Å². The van der Waals surface area contributed by atoms with Gasteiger partial charge in [-0.05, 0) is 43.1 Å². The fourth-order valence-corrected chi connectivity index (χ4v) is 4.86. The van der Waals surface area contributed by atoms with Crippen LogP contribution in [0.3, 0.4) is 0 Å². The van der Waals surface area contributed by atoms with Crippen molar-refractivity contribution in [3.8, 4) is 0 Å². The highest BCUT2D eigenvalue weighted by Crippen LogP contribution is 2.35. The van der Waals surface area contributed by atoms with Crippen molar-refractivity contribution < 1.29 is 13.2 Å². The molecule has 2 aliphatic rings. The van der Waals surface area contributed by atoms with Crippen molar-refractivity contribution in [2.24, 2.45) is 10.9 Å². The lowest BCUT2D eigenvalue weighted by molar-refractivity contribution is -0.123. The fourth-order valence-electron chi connectivity index (χ4n) is 3.32. The Morgan fingerprint density at radius 1 is 1.38 bits per heavy atom. The predicted octanol–water partition coefficient (Wildman–Crippen LogP) is 1.66. The van der Waals surface area contributed by atoms with E-state index < -0.39 is 16.1 Å². The molecule has 0 saturated heterocycles. The van der Waals surface area contributed by atoms with Gasteiger partial charge < -0.3 is 5.32 Å². The molecule has 1 atom stereocenters. The largest absolute Gasteiger partial charge is 0.347 e. The summed E-state index contributed by atoms with van der Waals surface area (Å²) in [5.74, 6) is 0.430. The number of nitrogens with one attached hydrogen (secondary N) is 3. The smallest absolute Gasteiger partial charge is 0.263 e. The number of amidine groups is 1. The van der Waals surface area contributed by atoms with Crippen molar-refractivity contribution >= 4 is 34.0 Å². The highest BCUT2D eigenvalue weighted by atomic mass is 32.2. The number of aliphatic imine (C=N–C) groups is 1. The molecule has 29 heavy (non-hydrogen) atoms. The zero-order valence-electron chi connectivity index (χ0n) is 16.0. The Morgan fingerprint density at radius 3 is 2.79 bits per heavy atom. The molecule has 1 amide bonds. The van der Waals surface area contributed by atoms with E-state index in [1.807, 2.05) is 18.4 Å². The van der Waals surface area contributed by atoms with Gasteiger partial charge in [-0.3, -0.25) is 24.2 Å². The van der Waals surface area contributed by atoms with Crippen molar-refractivity contribution in [2.45, 2.75) is 50.2 Å². The van der Waals surface area contributed by atoms with Gasteiger partial charge in [0.1, 0.15) is 11.9 Å². The van der Waals surface area contributed by atoms with Crippen LogP contribution in [-0.2, 0) is 21.4 Å². The van der Waals surface area contributed by atoms with E-state index in [4.69, 9.17) is 12.2 Å². The average Bonchev–Trinajstić information content (AvgIpc) is 3.39. The van der Waals surface area contributed by atoms with Gasteiger partial charge in [0.15, 0.2) is 10.6 Å². The summed E-state index contributed by atoms with van der Waals surface area (Å²) in [6.45, 7) is 3.95. The van der Waals surface area contributed by atoms with Gasteiger partial charge in [0.2, 0.25) is 5.91 Å². The van der Waals surface area contributed by atoms with E-state index in [0.29, 0.717) is 22.2 Å². The number of amides is 1. The number of carbonyl (C=O) groups is 1. The molecule has 1 aromatic carbocycles. The van der Waals surface area contributed by atoms with Gasteiger partial charge in [0.05, 0.1) is 11.4 Å². The number of sulfonamides is 1. The molecule has 0 unspecified atom stereocenters. The van der Waals surface area contributed by atoms with Crippen molar-refractivity contribution in [1.29, 1.82) is 0 Å². The molecule has 0 spiro atoms. The lowest BCUT2D eigenvalue weighted by atomic mass is 10.0. The summed E-state index contributed by atoms with van der Waals surface area (Å²) < 4.78 is 29.5. The molecule has 1 aliphatic carbocycles. The molecular weight excluding hydrogens is 412 g/mol. The molecule has 9 nitrogen and oxygen atoms in total. The first-order chi connectivity index (χ1) is 13.8. The Morgan fingerprint density at radius 2 is 2.10 bits per heavy atom. The molecule has 154 valence electrons. The van der Waals surface area contributed by atoms with Crippen LogP contribution in [0.25, 0.3) is 0 Å². The molecular formula is C18H22N6O3S2. The van der Waals surface area contributed by atoms with Gasteiger partial charge in [-0.1, -0.05) is 26.0 Å². The summed E-state index contributed by atoms with van der Waals surface area (Å²) in [6, 6.07) is 6.18. The number of fused-ring (bicyclic) bond motifs is 1. The van der Waals surface area contributed by atoms with Crippen LogP contribution >= 0.6 is 12.2 Å². The maximum atomic E-state index is 12.9. The maximum absolute atomic E-state index is 12.9. The second kappa shape index (κ2) is 7.38. The quantitative estimate of drug-likeness (QED) is 0.597. The fraction of sp³-hybridized carbons (Fsp3) is 0.444. The van der Waals surface area contributed by atoms with Crippen LogP contribution in [0.5, 0.6) is 0 Å². The molecule has 0 radical (unpaired) electrons. The molecule has 2 heterocycles. The van der Waals surface area contributed by atoms with Crippen molar-refractivity contribution in [3.05, 3.63) is 40.4 Å². The number of aromatic amines is 1. The van der Waals surface area contributed by atoms with Crippen LogP contribution in [0.2, 0.25) is 0 Å². The van der Waals surface area contributed by atoms with E-state index in [9.17, 15) is 13.2 Å². The predicted molar refractivity (Wildman–Crippen MR) is 109 cm³/mol. The van der Waals surface area contributed by atoms with E-state index in [-0.39, 0.29) is 29.1 Å². The summed E-state index contributed by atoms with van der Waals surface area (Å²) >= 11 is 5.26. The van der Waals surface area contributed by atoms with Crippen LogP contribution in [0.1, 0.15) is 44.1 Å². The van der Waals surface area contributed by atoms with Crippen molar-refractivity contribution in [3.63, 3.8) is 0 Å². The first-order valence-corrected chi connectivity index (χ1v) is 11.3. The van der Waals surface area contributed by atoms with Crippen molar-refractivity contribution in [1.82, 2.24) is 24.8 Å². The summed E-state index contributed by atoms with van der Waals surface area (Å²) in [4.78, 5) is 17.5. The standard InChI is InChI=1S/C18H22N6O3S2/c1-10(2)15(20-16-12-5-3-4-6-13(12)29(26,27)23-16)17(25)19-9-14-21-22-18(28)24(14)11-7-8-11/h3-6,10-11,15H,7-9H2,1-2H3,(H,19,25)(H,20,23)(H,22,28)/t15-/m0/s1. The lowest BCUT2D eigenvalue weighted by Crippen LogP contribution is -2.38. The van der Waals surface area contributed by atoms with Crippen molar-refractivity contribution in [2.75, 3.05) is 0 Å². The van der Waals surface area contributed by atoms with Gasteiger partial charge in [-0.15, -0.1) is 0 Å². The molecule has 0 bridgehead atoms. The van der Waals surface area contributed by atoms with E-state index in [1.165, 1.54) is 6.07 Å². The van der Waals surface area contributed by atoms with Gasteiger partial charge in [0, 0.05) is 11.6 Å². The second-order valence-corrected chi connectivity index (χ2v) is 9.57. The molecule has 2 aromatic rings. The van der Waals surface area contributed by atoms with Gasteiger partial charge in [0.25, 0.3) is 10.0 Å². The third kappa shape index (κ3) is 3.84. The summed E-state index contributed by atoms with van der Waals surface area (Å²) in [6.07, 6.45) is 2.10. The number of nitrogens with zero attached hydrogens (tertiary/aromatic N) is 3. The van der Waals surface area contributed by atoms with Crippen LogP contribution in [-0.4, -0.2) is 41.0 Å². The molecule has 1 aliphatic heterocycles. The molecule has 4 rings (SSSR count). The second-order valence-electron chi connectivity index (χ2n) is 7.53.